The first-order valence-corrected chi connectivity index (χ1v) is 40.1. The van der Waals surface area contributed by atoms with Gasteiger partial charge in [-0.2, -0.15) is 0 Å². The van der Waals surface area contributed by atoms with E-state index in [1.165, 1.54) is 88.2 Å². The first kappa shape index (κ1) is 85.9. The van der Waals surface area contributed by atoms with Gasteiger partial charge in [0.05, 0.1) is 70.3 Å². The van der Waals surface area contributed by atoms with Crippen molar-refractivity contribution in [3.63, 3.8) is 0 Å². The summed E-state index contributed by atoms with van der Waals surface area (Å²) < 4.78 is 6.26. The third kappa shape index (κ3) is 18.6. The molecule has 11 amide bonds. The molecule has 37 nitrogen and oxygen atoms in total. The Labute approximate surface area is 671 Å². The van der Waals surface area contributed by atoms with Crippen molar-refractivity contribution < 1.29 is 87.8 Å². The third-order valence-corrected chi connectivity index (χ3v) is 24.3. The fraction of sp³-hybridized carbons (Fsp3) is 0.431. The van der Waals surface area contributed by atoms with Gasteiger partial charge in [0.2, 0.25) is 29.5 Å². The summed E-state index contributed by atoms with van der Waals surface area (Å²) in [5, 5.41) is 92.2. The molecule has 18 N–H and O–H groups in total. The van der Waals surface area contributed by atoms with Crippen molar-refractivity contribution in [3.05, 3.63) is 148 Å². The van der Waals surface area contributed by atoms with Crippen molar-refractivity contribution in [3.8, 4) is 0 Å². The Morgan fingerprint density at radius 1 is 0.763 bits per heavy atom. The predicted molar refractivity (Wildman–Crippen MR) is 418 cm³/mol. The lowest BCUT2D eigenvalue weighted by Gasteiger charge is -2.41. The molecule has 1 unspecified atom stereocenters. The van der Waals surface area contributed by atoms with Gasteiger partial charge >= 0.3 is 5.97 Å². The molecule has 4 aliphatic heterocycles. The van der Waals surface area contributed by atoms with Crippen LogP contribution in [0.3, 0.4) is 0 Å². The Balaban J connectivity index is 1.18. The Morgan fingerprint density at radius 3 is 2.12 bits per heavy atom. The van der Waals surface area contributed by atoms with Crippen molar-refractivity contribution in [2.45, 2.75) is 185 Å². The normalized spacial score (nSPS) is 26.9. The van der Waals surface area contributed by atoms with Crippen LogP contribution in [0.15, 0.2) is 92.2 Å². The van der Waals surface area contributed by atoms with Crippen LogP contribution in [0.5, 0.6) is 0 Å². The van der Waals surface area contributed by atoms with Crippen molar-refractivity contribution in [2.75, 3.05) is 5.75 Å². The van der Waals surface area contributed by atoms with E-state index < -0.39 is 196 Å². The van der Waals surface area contributed by atoms with Crippen LogP contribution < -0.4 is 64.2 Å². The number of cyclic esters (lactones) is 1. The minimum absolute atomic E-state index is 0.0158. The van der Waals surface area contributed by atoms with E-state index in [-0.39, 0.29) is 94.7 Å². The van der Waals surface area contributed by atoms with Gasteiger partial charge in [-0.25, -0.2) is 29.7 Å². The number of fused-ring (bicyclic) bond motifs is 7. The molecule has 5 aromatic rings. The number of hydrogen-bond donors (Lipinski definition) is 17. The van der Waals surface area contributed by atoms with Crippen LogP contribution in [0.2, 0.25) is 0 Å². The van der Waals surface area contributed by atoms with Gasteiger partial charge in [-0.05, 0) is 85.8 Å². The number of hydrogen-bond acceptors (Lipinski definition) is 31. The van der Waals surface area contributed by atoms with Gasteiger partial charge in [-0.15, -0.1) is 57.1 Å². The highest BCUT2D eigenvalue weighted by atomic mass is 32.2. The summed E-state index contributed by atoms with van der Waals surface area (Å²) in [5.74, 6) is -12.2. The fourth-order valence-corrected chi connectivity index (χ4v) is 17.2. The maximum Gasteiger partial charge on any atom is 0.357 e. The van der Waals surface area contributed by atoms with Crippen LogP contribution in [0.4, 0.5) is 0 Å². The number of carbonyl (C=O) groups is 12. The Morgan fingerprint density at radius 2 is 1.45 bits per heavy atom. The number of aliphatic hydroxyl groups excluding tert-OH is 4. The molecule has 10 rings (SSSR count). The van der Waals surface area contributed by atoms with Gasteiger partial charge in [0, 0.05) is 32.8 Å². The zero-order valence-electron chi connectivity index (χ0n) is 63.0. The molecule has 17 atom stereocenters. The van der Waals surface area contributed by atoms with Crippen molar-refractivity contribution in [2.24, 2.45) is 21.6 Å². The molecule has 5 aromatic heterocycles. The van der Waals surface area contributed by atoms with Gasteiger partial charge in [0.15, 0.2) is 0 Å². The van der Waals surface area contributed by atoms with E-state index in [1.807, 2.05) is 0 Å². The average molecular weight is 1660 g/mol. The second kappa shape index (κ2) is 35.5. The summed E-state index contributed by atoms with van der Waals surface area (Å²) in [4.78, 5) is 204. The number of pyridine rings is 1. The number of aliphatic imine (C=N–C) groups is 2. The Bertz CT molecular complexity index is 4880. The van der Waals surface area contributed by atoms with Gasteiger partial charge < -0.3 is 89.2 Å². The molecule has 0 aromatic carbocycles. The number of ether oxygens (including phenoxy) is 1. The summed E-state index contributed by atoms with van der Waals surface area (Å²) in [5.41, 5.74) is -1.79. The SMILES string of the molecule is C=C(NC(=O)C(=C)NC(=O)c1csc(C2=N[C@@H]3c4csc(n4)[C@H]4NC(=O)c5csc(n5)[C@H]([C@@](C)(O)[C@@H](C)O)NC(=O)[C@H]5CSC(=N5)/C(=C/C)NC(=O)[C@H]([C@@H](C)O)NC(=O)c5csc(n5)[C@]3(CC2)NC(=O)[C@H](C)NC(=O)C(=C)NC(=O)C(C)NC(=O)[C@H]([C@@H](C)CC)N[C@@H]2C=Cc3c([C@H](C)O)cc(nc3[C@H]2O)C(=O)O[C@@H]4C)n1)C(N)=O. The molecule has 13 bridgehead atoms. The van der Waals surface area contributed by atoms with Crippen LogP contribution in [0.25, 0.3) is 6.08 Å². The quantitative estimate of drug-likeness (QED) is 0.0606. The van der Waals surface area contributed by atoms with Crippen molar-refractivity contribution in [1.82, 2.24) is 83.4 Å². The van der Waals surface area contributed by atoms with Crippen LogP contribution in [0.1, 0.15) is 203 Å². The molecule has 0 saturated carbocycles. The zero-order valence-corrected chi connectivity index (χ0v) is 67.1. The Kier molecular flexibility index (Phi) is 26.7. The molecule has 1 aliphatic carbocycles. The number of aliphatic hydroxyl groups is 5. The van der Waals surface area contributed by atoms with Crippen LogP contribution in [0, 0.1) is 5.92 Å². The summed E-state index contributed by atoms with van der Waals surface area (Å²) in [6.07, 6.45) is -3.18. The number of aromatic nitrogens is 5. The Hall–Kier alpha value is -10.5. The van der Waals surface area contributed by atoms with Crippen LogP contribution >= 0.6 is 57.1 Å². The number of nitrogens with zero attached hydrogens (tertiary/aromatic N) is 7. The molecule has 9 heterocycles. The number of carbonyl (C=O) groups excluding carboxylic acids is 12. The van der Waals surface area contributed by atoms with E-state index in [4.69, 9.17) is 25.4 Å². The second-order valence-electron chi connectivity index (χ2n) is 27.8. The molecule has 114 heavy (non-hydrogen) atoms. The van der Waals surface area contributed by atoms with Crippen LogP contribution in [-0.2, 0) is 48.6 Å². The average Bonchev–Trinajstić information content (AvgIpc) is 1.50. The molecule has 5 aliphatic rings. The minimum atomic E-state index is -2.21. The number of nitrogens with two attached hydrogens (primary N) is 1. The van der Waals surface area contributed by atoms with Crippen molar-refractivity contribution >= 4 is 145 Å². The first-order valence-electron chi connectivity index (χ1n) is 35.6. The standard InChI is InChI=1S/C72H85N19O18S5/c1-14-26(3)47-63(105)78-30(7)57(99)75-28(5)56(98)76-31(8)58(100)91-72-19-18-40(66-85-43(22-111-66)59(101)77-29(6)55(97)74-27(4)54(73)96)81-52(72)42-21-112-67(83-42)49(34(11)109-69(107)41-20-37(32(9)92)36-16-17-39(79-47)51(95)50(36)80-41)89-60(102)44-24-113-68(86-44)53(71(13,108)35(12)94)90-62(104)45-23-110-65(84-45)38(15-2)82-64(106)48(33(10)93)88-61(103)46-25-114-70(72)87-46/h15-17,20-22,24-26,30-35,39,45,47-49,51-53,79,92-95,108H,4-6,14,18-19,23H2,1-3,7-13H3,(H2,73,96)(H,74,97)(H,75,99)(H,76,98)(H,77,101)(H,78,105)(H,82,106)(H,88,103)(H,89,102)(H,90,104)(H,91,100)/b38-15-/t26-,30?,31-,32-,33+,34+,35+,39+,45+,47-,48-,49-,51-,52+,53+,71-,72+/m0/s1. The molecule has 0 saturated heterocycles. The predicted octanol–water partition coefficient (Wildman–Crippen LogP) is 0.774. The zero-order chi connectivity index (χ0) is 83.4. The first-order chi connectivity index (χ1) is 53.7. The lowest BCUT2D eigenvalue weighted by molar-refractivity contribution is -0.131. The molecular weight excluding hydrogens is 1580 g/mol. The smallest absolute Gasteiger partial charge is 0.357 e. The lowest BCUT2D eigenvalue weighted by atomic mass is 9.80. The van der Waals surface area contributed by atoms with E-state index in [2.05, 4.69) is 98.2 Å². The van der Waals surface area contributed by atoms with E-state index in [9.17, 15) is 68.7 Å². The molecule has 42 heteroatoms. The van der Waals surface area contributed by atoms with Crippen LogP contribution in [-0.4, -0.2) is 198 Å². The van der Waals surface area contributed by atoms with E-state index in [0.717, 1.165) is 57.1 Å². The van der Waals surface area contributed by atoms with Gasteiger partial charge in [0.25, 0.3) is 35.4 Å². The minimum Gasteiger partial charge on any atom is -0.455 e. The summed E-state index contributed by atoms with van der Waals surface area (Å²) in [7, 11) is 0. The molecule has 606 valence electrons. The van der Waals surface area contributed by atoms with Gasteiger partial charge in [0.1, 0.15) is 113 Å². The number of rotatable bonds is 12. The van der Waals surface area contributed by atoms with Gasteiger partial charge in [-0.1, -0.05) is 58.2 Å². The third-order valence-electron chi connectivity index (χ3n) is 19.5. The molecule has 0 radical (unpaired) electrons. The van der Waals surface area contributed by atoms with E-state index in [0.29, 0.717) is 6.42 Å². The highest BCUT2D eigenvalue weighted by molar-refractivity contribution is 8.14. The number of thiazole rings is 4. The number of primary amides is 1. The monoisotopic (exact) mass is 1660 g/mol. The summed E-state index contributed by atoms with van der Waals surface area (Å²) >= 11 is 4.42. The number of allylic oxidation sites excluding steroid dienone is 1. The number of thioether (sulfide) groups is 1. The lowest BCUT2D eigenvalue weighted by Crippen LogP contribution is -2.57. The largest absolute Gasteiger partial charge is 0.455 e. The number of nitrogens with one attached hydrogen (secondary N) is 11. The second-order valence-corrected chi connectivity index (χ2v) is 32.3. The topological polar surface area (TPSA) is 563 Å². The molecular formula is C72H85N19O18S5. The van der Waals surface area contributed by atoms with Crippen molar-refractivity contribution in [1.29, 1.82) is 0 Å². The van der Waals surface area contributed by atoms with Gasteiger partial charge in [-0.3, -0.25) is 68.0 Å². The summed E-state index contributed by atoms with van der Waals surface area (Å²) in [6, 6.07) is -11.6. The molecule has 0 fully saturated rings. The highest BCUT2D eigenvalue weighted by Gasteiger charge is 2.51. The fourth-order valence-electron chi connectivity index (χ4n) is 12.3. The van der Waals surface area contributed by atoms with E-state index in [1.54, 1.807) is 26.8 Å². The van der Waals surface area contributed by atoms with E-state index >= 15 is 14.4 Å². The maximum absolute atomic E-state index is 15.4. The number of amides is 11. The highest BCUT2D eigenvalue weighted by Crippen LogP contribution is 2.48. The maximum atomic E-state index is 15.4. The number of esters is 1. The molecule has 0 spiro atoms. The summed E-state index contributed by atoms with van der Waals surface area (Å²) in [6.45, 7) is 24.9.